The third-order valence-corrected chi connectivity index (χ3v) is 9.93. The number of unbranched alkanes of at least 4 members (excludes halogenated alkanes) is 1. The Morgan fingerprint density at radius 1 is 0.786 bits per heavy atom. The first-order chi connectivity index (χ1) is 27.2. The topological polar surface area (TPSA) is 166 Å². The van der Waals surface area contributed by atoms with Gasteiger partial charge in [0, 0.05) is 56.0 Å². The maximum Gasteiger partial charge on any atom is 0.404 e. The standard InChI is InChI=1S/C42H56N6O8/c1-7-8-21-55-42-45-35(16-13-29-10-9-28(22-36(29)52-4)25-47-19-17-32(18-20-47)56-41(44)49)39(43)40(46-42)48(26-30-11-14-33(50-2)23-37(30)53-5)27-31-12-15-34(51-3)24-38(31)54-6/h9-12,14-15,22-24,32H,7-8,13,16-21,25-27,43H2,1-6H3,(H2,44,49). The second-order valence-electron chi connectivity index (χ2n) is 13.7. The summed E-state index contributed by atoms with van der Waals surface area (Å²) in [5, 5.41) is 0. The molecular formula is C42H56N6O8. The van der Waals surface area contributed by atoms with E-state index in [-0.39, 0.29) is 12.1 Å². The highest BCUT2D eigenvalue weighted by atomic mass is 16.6. The molecule has 0 spiro atoms. The van der Waals surface area contributed by atoms with Crippen LogP contribution in [0.2, 0.25) is 0 Å². The number of hydrogen-bond acceptors (Lipinski definition) is 13. The summed E-state index contributed by atoms with van der Waals surface area (Å²) in [5.74, 6) is 4.03. The molecule has 4 aromatic rings. The number of primary amides is 1. The first kappa shape index (κ1) is 41.5. The Balaban J connectivity index is 1.45. The number of aromatic nitrogens is 2. The minimum absolute atomic E-state index is 0.129. The first-order valence-corrected chi connectivity index (χ1v) is 19.0. The van der Waals surface area contributed by atoms with Crippen molar-refractivity contribution in [3.05, 3.63) is 82.5 Å². The lowest BCUT2D eigenvalue weighted by molar-refractivity contribution is 0.0540. The molecule has 1 amide bonds. The van der Waals surface area contributed by atoms with Crippen LogP contribution in [0.3, 0.4) is 0 Å². The van der Waals surface area contributed by atoms with Crippen LogP contribution in [0.5, 0.6) is 34.8 Å². The molecule has 1 aromatic heterocycles. The molecule has 302 valence electrons. The Bertz CT molecular complexity index is 1840. The largest absolute Gasteiger partial charge is 0.497 e. The smallest absolute Gasteiger partial charge is 0.404 e. The molecule has 0 atom stereocenters. The van der Waals surface area contributed by atoms with Crippen molar-refractivity contribution in [3.8, 4) is 34.8 Å². The minimum Gasteiger partial charge on any atom is -0.497 e. The lowest BCUT2D eigenvalue weighted by Crippen LogP contribution is -2.38. The normalized spacial score (nSPS) is 13.2. The maximum atomic E-state index is 11.2. The predicted molar refractivity (Wildman–Crippen MR) is 215 cm³/mol. The van der Waals surface area contributed by atoms with Gasteiger partial charge in [0.15, 0.2) is 5.82 Å². The number of nitrogens with two attached hydrogens (primary N) is 2. The second kappa shape index (κ2) is 20.3. The number of amides is 1. The van der Waals surface area contributed by atoms with Crippen LogP contribution in [0, 0.1) is 0 Å². The van der Waals surface area contributed by atoms with Gasteiger partial charge in [-0.15, -0.1) is 0 Å². The van der Waals surface area contributed by atoms with E-state index in [4.69, 9.17) is 54.6 Å². The molecule has 56 heavy (non-hydrogen) atoms. The van der Waals surface area contributed by atoms with E-state index in [1.54, 1.807) is 35.5 Å². The van der Waals surface area contributed by atoms with Crippen molar-refractivity contribution < 1.29 is 38.0 Å². The van der Waals surface area contributed by atoms with Gasteiger partial charge in [0.25, 0.3) is 0 Å². The van der Waals surface area contributed by atoms with Crippen molar-refractivity contribution in [2.24, 2.45) is 5.73 Å². The van der Waals surface area contributed by atoms with E-state index < -0.39 is 6.09 Å². The van der Waals surface area contributed by atoms with Crippen LogP contribution in [0.25, 0.3) is 0 Å². The number of anilines is 2. The van der Waals surface area contributed by atoms with E-state index >= 15 is 0 Å². The van der Waals surface area contributed by atoms with Crippen molar-refractivity contribution in [3.63, 3.8) is 0 Å². The third-order valence-electron chi connectivity index (χ3n) is 9.93. The number of hydrogen-bond donors (Lipinski definition) is 2. The number of rotatable bonds is 20. The third kappa shape index (κ3) is 11.0. The fraction of sp³-hybridized carbons (Fsp3) is 0.452. The van der Waals surface area contributed by atoms with Gasteiger partial charge in [-0.3, -0.25) is 4.90 Å². The summed E-state index contributed by atoms with van der Waals surface area (Å²) in [7, 11) is 8.21. The van der Waals surface area contributed by atoms with Gasteiger partial charge >= 0.3 is 12.1 Å². The average molecular weight is 773 g/mol. The molecule has 0 saturated carbocycles. The Labute approximate surface area is 329 Å². The van der Waals surface area contributed by atoms with Crippen molar-refractivity contribution in [2.45, 2.75) is 71.2 Å². The Hall–Kier alpha value is -5.63. The predicted octanol–water partition coefficient (Wildman–Crippen LogP) is 6.33. The van der Waals surface area contributed by atoms with Gasteiger partial charge in [0.2, 0.25) is 0 Å². The summed E-state index contributed by atoms with van der Waals surface area (Å²) in [4.78, 5) is 25.4. The highest BCUT2D eigenvalue weighted by Gasteiger charge is 2.24. The van der Waals surface area contributed by atoms with Crippen LogP contribution in [0.4, 0.5) is 16.3 Å². The van der Waals surface area contributed by atoms with Crippen LogP contribution < -0.4 is 44.8 Å². The van der Waals surface area contributed by atoms with E-state index in [2.05, 4.69) is 34.9 Å². The molecular weight excluding hydrogens is 716 g/mol. The average Bonchev–Trinajstić information content (AvgIpc) is 3.21. The van der Waals surface area contributed by atoms with Crippen LogP contribution >= 0.6 is 0 Å². The maximum absolute atomic E-state index is 11.2. The number of carbonyl (C=O) groups excluding carboxylic acids is 1. The van der Waals surface area contributed by atoms with Gasteiger partial charge in [0.1, 0.15) is 34.9 Å². The Morgan fingerprint density at radius 2 is 1.38 bits per heavy atom. The highest BCUT2D eigenvalue weighted by molar-refractivity contribution is 5.67. The zero-order valence-electron chi connectivity index (χ0n) is 33.5. The van der Waals surface area contributed by atoms with E-state index in [1.165, 1.54) is 0 Å². The first-order valence-electron chi connectivity index (χ1n) is 19.0. The highest BCUT2D eigenvalue weighted by Crippen LogP contribution is 2.35. The fourth-order valence-corrected chi connectivity index (χ4v) is 6.82. The number of likely N-dealkylation sites (tertiary alicyclic amines) is 1. The van der Waals surface area contributed by atoms with Crippen molar-refractivity contribution in [1.82, 2.24) is 14.9 Å². The van der Waals surface area contributed by atoms with Crippen molar-refractivity contribution in [2.75, 3.05) is 65.9 Å². The zero-order chi connectivity index (χ0) is 40.0. The summed E-state index contributed by atoms with van der Waals surface area (Å²) < 4.78 is 39.8. The Morgan fingerprint density at radius 3 is 1.93 bits per heavy atom. The summed E-state index contributed by atoms with van der Waals surface area (Å²) in [5.41, 5.74) is 17.4. The molecule has 1 fully saturated rings. The van der Waals surface area contributed by atoms with E-state index in [0.717, 1.165) is 73.3 Å². The molecule has 1 saturated heterocycles. The van der Waals surface area contributed by atoms with Gasteiger partial charge in [-0.25, -0.2) is 4.79 Å². The molecule has 3 aromatic carbocycles. The lowest BCUT2D eigenvalue weighted by Gasteiger charge is -2.31. The quantitative estimate of drug-likeness (QED) is 0.0958. The molecule has 0 unspecified atom stereocenters. The summed E-state index contributed by atoms with van der Waals surface area (Å²) in [6, 6.07) is 18.1. The van der Waals surface area contributed by atoms with Crippen molar-refractivity contribution in [1.29, 1.82) is 0 Å². The number of piperidine rings is 1. The van der Waals surface area contributed by atoms with E-state index in [1.807, 2.05) is 36.4 Å². The number of aryl methyl sites for hydroxylation is 2. The molecule has 0 aliphatic carbocycles. The zero-order valence-corrected chi connectivity index (χ0v) is 33.5. The molecule has 1 aliphatic rings. The number of ether oxygens (including phenoxy) is 7. The monoisotopic (exact) mass is 772 g/mol. The number of nitrogens with zero attached hydrogens (tertiary/aromatic N) is 4. The summed E-state index contributed by atoms with van der Waals surface area (Å²) in [6.07, 6.45) is 3.62. The number of nitrogen functional groups attached to an aromatic ring is 1. The summed E-state index contributed by atoms with van der Waals surface area (Å²) in [6.45, 7) is 5.75. The van der Waals surface area contributed by atoms with Gasteiger partial charge in [-0.05, 0) is 73.6 Å². The Kier molecular flexibility index (Phi) is 15.1. The van der Waals surface area contributed by atoms with Crippen LogP contribution in [-0.4, -0.2) is 82.3 Å². The number of carbonyl (C=O) groups is 1. The fourth-order valence-electron chi connectivity index (χ4n) is 6.82. The molecule has 4 N–H and O–H groups in total. The molecule has 1 aliphatic heterocycles. The van der Waals surface area contributed by atoms with Gasteiger partial charge < -0.3 is 49.5 Å². The van der Waals surface area contributed by atoms with Gasteiger partial charge in [-0.2, -0.15) is 9.97 Å². The van der Waals surface area contributed by atoms with Crippen molar-refractivity contribution >= 4 is 17.6 Å². The number of benzene rings is 3. The molecule has 0 bridgehead atoms. The van der Waals surface area contributed by atoms with Crippen LogP contribution in [0.1, 0.15) is 60.6 Å². The number of methoxy groups -OCH3 is 5. The molecule has 0 radical (unpaired) electrons. The second-order valence-corrected chi connectivity index (χ2v) is 13.7. The van der Waals surface area contributed by atoms with Crippen LogP contribution in [0.15, 0.2) is 54.6 Å². The van der Waals surface area contributed by atoms with Gasteiger partial charge in [-0.1, -0.05) is 25.5 Å². The van der Waals surface area contributed by atoms with Gasteiger partial charge in [0.05, 0.1) is 53.5 Å². The molecule has 2 heterocycles. The molecule has 5 rings (SSSR count). The minimum atomic E-state index is -0.718. The van der Waals surface area contributed by atoms with E-state index in [9.17, 15) is 4.79 Å². The SMILES string of the molecule is CCCCOc1nc(CCc2ccc(CN3CCC(OC(N)=O)CC3)cc2OC)c(N)c(N(Cc2ccc(OC)cc2OC)Cc2ccc(OC)cc2OC)n1. The lowest BCUT2D eigenvalue weighted by atomic mass is 10.0. The van der Waals surface area contributed by atoms with E-state index in [0.29, 0.717) is 72.7 Å². The molecule has 14 nitrogen and oxygen atoms in total. The molecule has 14 heteroatoms. The van der Waals surface area contributed by atoms with Crippen LogP contribution in [-0.2, 0) is 37.2 Å². The summed E-state index contributed by atoms with van der Waals surface area (Å²) >= 11 is 0.